The number of benzene rings is 2. The molecule has 0 fully saturated rings. The fourth-order valence-corrected chi connectivity index (χ4v) is 3.31. The Morgan fingerprint density at radius 1 is 1.13 bits per heavy atom. The third-order valence-corrected chi connectivity index (χ3v) is 5.34. The van der Waals surface area contributed by atoms with E-state index < -0.39 is 6.04 Å². The van der Waals surface area contributed by atoms with Crippen LogP contribution in [0.3, 0.4) is 0 Å². The van der Waals surface area contributed by atoms with Gasteiger partial charge in [0.15, 0.2) is 6.61 Å². The summed E-state index contributed by atoms with van der Waals surface area (Å²) in [6, 6.07) is 14.7. The van der Waals surface area contributed by atoms with Gasteiger partial charge < -0.3 is 15.0 Å². The first kappa shape index (κ1) is 23.7. The fraction of sp³-hybridized carbons (Fsp3) is 0.417. The minimum atomic E-state index is -0.525. The molecule has 0 aliphatic rings. The maximum absolute atomic E-state index is 13.1. The van der Waals surface area contributed by atoms with Crippen LogP contribution < -0.4 is 10.1 Å². The highest BCUT2D eigenvalue weighted by Crippen LogP contribution is 2.21. The molecule has 2 aromatic carbocycles. The lowest BCUT2D eigenvalue weighted by atomic mass is 10.1. The molecule has 0 aliphatic heterocycles. The van der Waals surface area contributed by atoms with E-state index in [1.165, 1.54) is 0 Å². The zero-order chi connectivity index (χ0) is 21.9. The molecule has 2 amide bonds. The molecule has 1 N–H and O–H groups in total. The number of carbonyl (C=O) groups excluding carboxylic acids is 2. The molecule has 30 heavy (non-hydrogen) atoms. The van der Waals surface area contributed by atoms with E-state index in [4.69, 9.17) is 16.3 Å². The van der Waals surface area contributed by atoms with Gasteiger partial charge in [-0.1, -0.05) is 55.8 Å². The van der Waals surface area contributed by atoms with Crippen molar-refractivity contribution in [2.45, 2.75) is 46.1 Å². The first-order valence-corrected chi connectivity index (χ1v) is 10.8. The number of ether oxygens (including phenoxy) is 1. The van der Waals surface area contributed by atoms with Crippen LogP contribution in [0, 0.1) is 6.92 Å². The summed E-state index contributed by atoms with van der Waals surface area (Å²) in [7, 11) is 0. The molecule has 0 heterocycles. The predicted octanol–water partition coefficient (Wildman–Crippen LogP) is 4.40. The Balaban J connectivity index is 2.11. The van der Waals surface area contributed by atoms with Crippen LogP contribution in [0.5, 0.6) is 5.75 Å². The van der Waals surface area contributed by atoms with E-state index in [1.54, 1.807) is 23.1 Å². The normalized spacial score (nSPS) is 11.6. The number of nitrogens with zero attached hydrogens (tertiary/aromatic N) is 1. The second kappa shape index (κ2) is 12.2. The summed E-state index contributed by atoms with van der Waals surface area (Å²) >= 11 is 6.05. The quantitative estimate of drug-likeness (QED) is 0.574. The van der Waals surface area contributed by atoms with Crippen LogP contribution in [0.15, 0.2) is 48.5 Å². The van der Waals surface area contributed by atoms with E-state index in [9.17, 15) is 9.59 Å². The number of nitrogens with one attached hydrogen (secondary N) is 1. The van der Waals surface area contributed by atoms with E-state index >= 15 is 0 Å². The second-order valence-corrected chi connectivity index (χ2v) is 7.64. The van der Waals surface area contributed by atoms with Gasteiger partial charge in [0.1, 0.15) is 11.8 Å². The van der Waals surface area contributed by atoms with Crippen LogP contribution in [0.25, 0.3) is 0 Å². The van der Waals surface area contributed by atoms with E-state index in [-0.39, 0.29) is 18.4 Å². The minimum Gasteiger partial charge on any atom is -0.484 e. The largest absolute Gasteiger partial charge is 0.484 e. The third-order valence-electron chi connectivity index (χ3n) is 4.91. The summed E-state index contributed by atoms with van der Waals surface area (Å²) in [6.45, 7) is 6.71. The van der Waals surface area contributed by atoms with Gasteiger partial charge in [-0.2, -0.15) is 0 Å². The van der Waals surface area contributed by atoms with Crippen molar-refractivity contribution in [3.8, 4) is 5.75 Å². The van der Waals surface area contributed by atoms with Gasteiger partial charge in [-0.25, -0.2) is 0 Å². The molecule has 0 unspecified atom stereocenters. The summed E-state index contributed by atoms with van der Waals surface area (Å²) in [6.07, 6.45) is 2.06. The van der Waals surface area contributed by atoms with Crippen LogP contribution in [0.1, 0.15) is 37.8 Å². The number of amides is 2. The summed E-state index contributed by atoms with van der Waals surface area (Å²) in [5.74, 6) is 0.247. The van der Waals surface area contributed by atoms with Crippen LogP contribution in [0.4, 0.5) is 0 Å². The molecule has 0 aromatic heterocycles. The van der Waals surface area contributed by atoms with Gasteiger partial charge in [0.2, 0.25) is 5.91 Å². The molecule has 0 aliphatic carbocycles. The number of aryl methyl sites for hydroxylation is 1. The van der Waals surface area contributed by atoms with Crippen molar-refractivity contribution in [3.05, 3.63) is 64.7 Å². The maximum atomic E-state index is 13.1. The van der Waals surface area contributed by atoms with Gasteiger partial charge in [-0.15, -0.1) is 0 Å². The molecular formula is C24H31ClN2O3. The molecular weight excluding hydrogens is 400 g/mol. The number of halogens is 1. The summed E-state index contributed by atoms with van der Waals surface area (Å²) in [5.41, 5.74) is 2.00. The number of hydrogen-bond donors (Lipinski definition) is 1. The molecule has 0 saturated heterocycles. The highest BCUT2D eigenvalue weighted by atomic mass is 35.5. The third kappa shape index (κ3) is 7.06. The molecule has 0 spiro atoms. The molecule has 6 heteroatoms. The first-order valence-electron chi connectivity index (χ1n) is 10.5. The standard InChI is InChI=1S/C24H31ClN2O3/c1-4-14-26-24(29)22(5-2)27(15-13-19-9-7-6-8-10-19)23(28)17-30-20-11-12-21(25)18(3)16-20/h6-12,16,22H,4-5,13-15,17H2,1-3H3,(H,26,29)/t22-/m0/s1. The van der Waals surface area contributed by atoms with Crippen molar-refractivity contribution in [2.75, 3.05) is 19.7 Å². The summed E-state index contributed by atoms with van der Waals surface area (Å²) in [5, 5.41) is 3.57. The van der Waals surface area contributed by atoms with Crippen molar-refractivity contribution in [1.82, 2.24) is 10.2 Å². The average molecular weight is 431 g/mol. The van der Waals surface area contributed by atoms with Gasteiger partial charge in [-0.3, -0.25) is 9.59 Å². The smallest absolute Gasteiger partial charge is 0.261 e. The van der Waals surface area contributed by atoms with E-state index in [1.807, 2.05) is 51.1 Å². The van der Waals surface area contributed by atoms with Crippen molar-refractivity contribution >= 4 is 23.4 Å². The molecule has 5 nitrogen and oxygen atoms in total. The Bertz CT molecular complexity index is 826. The number of hydrogen-bond acceptors (Lipinski definition) is 3. The number of carbonyl (C=O) groups is 2. The number of rotatable bonds is 11. The van der Waals surface area contributed by atoms with Gasteiger partial charge >= 0.3 is 0 Å². The van der Waals surface area contributed by atoms with E-state index in [0.717, 1.165) is 17.5 Å². The highest BCUT2D eigenvalue weighted by molar-refractivity contribution is 6.31. The van der Waals surface area contributed by atoms with Crippen LogP contribution in [0.2, 0.25) is 5.02 Å². The molecule has 2 aromatic rings. The molecule has 0 radical (unpaired) electrons. The Hall–Kier alpha value is -2.53. The van der Waals surface area contributed by atoms with E-state index in [2.05, 4.69) is 5.32 Å². The van der Waals surface area contributed by atoms with Crippen LogP contribution in [-0.2, 0) is 16.0 Å². The van der Waals surface area contributed by atoms with Gasteiger partial charge in [0, 0.05) is 18.1 Å². The van der Waals surface area contributed by atoms with Crippen LogP contribution >= 0.6 is 11.6 Å². The summed E-state index contributed by atoms with van der Waals surface area (Å²) < 4.78 is 5.71. The lowest BCUT2D eigenvalue weighted by Gasteiger charge is -2.30. The minimum absolute atomic E-state index is 0.122. The molecule has 0 saturated carbocycles. The zero-order valence-electron chi connectivity index (χ0n) is 18.0. The molecule has 2 rings (SSSR count). The zero-order valence-corrected chi connectivity index (χ0v) is 18.7. The maximum Gasteiger partial charge on any atom is 0.261 e. The van der Waals surface area contributed by atoms with Crippen molar-refractivity contribution in [1.29, 1.82) is 0 Å². The second-order valence-electron chi connectivity index (χ2n) is 7.24. The SMILES string of the molecule is CCCNC(=O)[C@H](CC)N(CCc1ccccc1)C(=O)COc1ccc(Cl)c(C)c1. The first-order chi connectivity index (χ1) is 14.5. The molecule has 0 bridgehead atoms. The monoisotopic (exact) mass is 430 g/mol. The van der Waals surface area contributed by atoms with Gasteiger partial charge in [-0.05, 0) is 55.5 Å². The van der Waals surface area contributed by atoms with Gasteiger partial charge in [0.25, 0.3) is 5.91 Å². The Labute approximate surface area is 184 Å². The Morgan fingerprint density at radius 3 is 2.50 bits per heavy atom. The highest BCUT2D eigenvalue weighted by Gasteiger charge is 2.28. The predicted molar refractivity (Wildman–Crippen MR) is 121 cm³/mol. The van der Waals surface area contributed by atoms with Crippen LogP contribution in [-0.4, -0.2) is 42.5 Å². The Kier molecular flexibility index (Phi) is 9.68. The van der Waals surface area contributed by atoms with Crippen molar-refractivity contribution in [3.63, 3.8) is 0 Å². The molecule has 162 valence electrons. The Morgan fingerprint density at radius 2 is 1.87 bits per heavy atom. The summed E-state index contributed by atoms with van der Waals surface area (Å²) in [4.78, 5) is 27.4. The lowest BCUT2D eigenvalue weighted by Crippen LogP contribution is -2.51. The van der Waals surface area contributed by atoms with Crippen molar-refractivity contribution < 1.29 is 14.3 Å². The van der Waals surface area contributed by atoms with Crippen molar-refractivity contribution in [2.24, 2.45) is 0 Å². The fourth-order valence-electron chi connectivity index (χ4n) is 3.20. The topological polar surface area (TPSA) is 58.6 Å². The average Bonchev–Trinajstić information content (AvgIpc) is 2.76. The molecule has 1 atom stereocenters. The van der Waals surface area contributed by atoms with Gasteiger partial charge in [0.05, 0.1) is 0 Å². The van der Waals surface area contributed by atoms with E-state index in [0.29, 0.717) is 36.7 Å². The lowest BCUT2D eigenvalue weighted by molar-refractivity contribution is -0.142.